The minimum atomic E-state index is -0.307. The van der Waals surface area contributed by atoms with E-state index >= 15 is 0 Å². The molecule has 1 saturated heterocycles. The van der Waals surface area contributed by atoms with Gasteiger partial charge in [-0.05, 0) is 36.5 Å². The number of urea groups is 1. The molecule has 2 N–H and O–H groups in total. The summed E-state index contributed by atoms with van der Waals surface area (Å²) in [7, 11) is 0. The van der Waals surface area contributed by atoms with E-state index in [9.17, 15) is 4.79 Å². The zero-order valence-corrected chi connectivity index (χ0v) is 14.1. The van der Waals surface area contributed by atoms with Crippen molar-refractivity contribution in [2.24, 2.45) is 0 Å². The third-order valence-corrected chi connectivity index (χ3v) is 4.16. The normalized spacial score (nSPS) is 14.0. The average Bonchev–Trinajstić information content (AvgIpc) is 3.10. The maximum absolute atomic E-state index is 12.1. The van der Waals surface area contributed by atoms with Gasteiger partial charge in [0.1, 0.15) is 18.0 Å². The second-order valence-corrected chi connectivity index (χ2v) is 6.31. The van der Waals surface area contributed by atoms with Crippen molar-refractivity contribution in [2.75, 3.05) is 28.6 Å². The monoisotopic (exact) mass is 325 g/mol. The fourth-order valence-corrected chi connectivity index (χ4v) is 2.76. The van der Waals surface area contributed by atoms with E-state index in [0.29, 0.717) is 11.7 Å². The third kappa shape index (κ3) is 4.01. The molecule has 0 spiro atoms. The fourth-order valence-electron chi connectivity index (χ4n) is 2.76. The second-order valence-electron chi connectivity index (χ2n) is 6.31. The van der Waals surface area contributed by atoms with Gasteiger partial charge < -0.3 is 10.2 Å². The van der Waals surface area contributed by atoms with Crippen LogP contribution in [0.5, 0.6) is 0 Å². The molecule has 0 bridgehead atoms. The predicted octanol–water partition coefficient (Wildman–Crippen LogP) is 3.84. The Kier molecular flexibility index (Phi) is 4.93. The summed E-state index contributed by atoms with van der Waals surface area (Å²) in [5, 5.41) is 5.59. The van der Waals surface area contributed by atoms with Crippen LogP contribution in [-0.2, 0) is 0 Å². The van der Waals surface area contributed by atoms with Gasteiger partial charge in [-0.3, -0.25) is 5.32 Å². The van der Waals surface area contributed by atoms with E-state index in [0.717, 1.165) is 24.6 Å². The lowest BCUT2D eigenvalue weighted by Crippen LogP contribution is -2.22. The highest BCUT2D eigenvalue weighted by Gasteiger charge is 2.14. The number of hydrogen-bond acceptors (Lipinski definition) is 4. The van der Waals surface area contributed by atoms with Crippen molar-refractivity contribution < 1.29 is 4.79 Å². The van der Waals surface area contributed by atoms with Gasteiger partial charge in [0.25, 0.3) is 0 Å². The molecule has 1 fully saturated rings. The van der Waals surface area contributed by atoms with Crippen molar-refractivity contribution >= 4 is 23.4 Å². The summed E-state index contributed by atoms with van der Waals surface area (Å²) < 4.78 is 0. The molecule has 1 aliphatic heterocycles. The summed E-state index contributed by atoms with van der Waals surface area (Å²) in [5.74, 6) is 1.83. The molecule has 2 heterocycles. The van der Waals surface area contributed by atoms with E-state index in [4.69, 9.17) is 0 Å². The van der Waals surface area contributed by atoms with Gasteiger partial charge in [-0.1, -0.05) is 26.0 Å². The fraction of sp³-hybridized carbons (Fsp3) is 0.389. The van der Waals surface area contributed by atoms with Crippen LogP contribution in [0.4, 0.5) is 22.1 Å². The molecule has 126 valence electrons. The molecule has 1 aromatic carbocycles. The van der Waals surface area contributed by atoms with Crippen molar-refractivity contribution in [3.8, 4) is 0 Å². The third-order valence-electron chi connectivity index (χ3n) is 4.16. The lowest BCUT2D eigenvalue weighted by Gasteiger charge is -2.16. The zero-order chi connectivity index (χ0) is 16.9. The van der Waals surface area contributed by atoms with Gasteiger partial charge in [-0.2, -0.15) is 0 Å². The predicted molar refractivity (Wildman–Crippen MR) is 96.7 cm³/mol. The number of benzene rings is 1. The first-order valence-electron chi connectivity index (χ1n) is 8.37. The molecular weight excluding hydrogens is 302 g/mol. The smallest absolute Gasteiger partial charge is 0.324 e. The summed E-state index contributed by atoms with van der Waals surface area (Å²) in [4.78, 5) is 22.7. The molecule has 0 atom stereocenters. The quantitative estimate of drug-likeness (QED) is 0.896. The summed E-state index contributed by atoms with van der Waals surface area (Å²) in [6.07, 6.45) is 3.85. The number of carbonyl (C=O) groups is 1. The van der Waals surface area contributed by atoms with E-state index in [1.807, 2.05) is 30.3 Å². The molecule has 3 rings (SSSR count). The summed E-state index contributed by atoms with van der Waals surface area (Å²) >= 11 is 0. The van der Waals surface area contributed by atoms with Crippen molar-refractivity contribution in [2.45, 2.75) is 32.6 Å². The minimum Gasteiger partial charge on any atom is -0.356 e. The van der Waals surface area contributed by atoms with Crippen LogP contribution in [0.15, 0.2) is 36.7 Å². The van der Waals surface area contributed by atoms with Crippen LogP contribution in [0, 0.1) is 0 Å². The standard InChI is InChI=1S/C18H23N5O/c1-13(2)14-5-7-15(8-6-14)21-18(24)22-16-11-17(20-12-19-16)23-9-3-4-10-23/h5-8,11-13H,3-4,9-10H2,1-2H3,(H2,19,20,21,22,24). The highest BCUT2D eigenvalue weighted by Crippen LogP contribution is 2.20. The molecular formula is C18H23N5O. The molecule has 2 aromatic rings. The Morgan fingerprint density at radius 2 is 1.79 bits per heavy atom. The van der Waals surface area contributed by atoms with Gasteiger partial charge in [0.05, 0.1) is 0 Å². The zero-order valence-electron chi connectivity index (χ0n) is 14.1. The summed E-state index contributed by atoms with van der Waals surface area (Å²) in [5.41, 5.74) is 2.00. The number of carbonyl (C=O) groups excluding carboxylic acids is 1. The van der Waals surface area contributed by atoms with E-state index in [2.05, 4.69) is 39.3 Å². The van der Waals surface area contributed by atoms with Crippen molar-refractivity contribution in [1.82, 2.24) is 9.97 Å². The van der Waals surface area contributed by atoms with Crippen LogP contribution >= 0.6 is 0 Å². The van der Waals surface area contributed by atoms with Crippen molar-refractivity contribution in [3.05, 3.63) is 42.2 Å². The first-order valence-corrected chi connectivity index (χ1v) is 8.37. The Morgan fingerprint density at radius 3 is 2.46 bits per heavy atom. The molecule has 2 amide bonds. The van der Waals surface area contributed by atoms with Crippen molar-refractivity contribution in [1.29, 1.82) is 0 Å². The van der Waals surface area contributed by atoms with Gasteiger partial charge in [0.2, 0.25) is 0 Å². The first kappa shape index (κ1) is 16.2. The Bertz CT molecular complexity index is 693. The van der Waals surface area contributed by atoms with Crippen LogP contribution in [0.25, 0.3) is 0 Å². The Labute approximate surface area is 142 Å². The first-order chi connectivity index (χ1) is 11.6. The molecule has 0 radical (unpaired) electrons. The van der Waals surface area contributed by atoms with E-state index in [-0.39, 0.29) is 6.03 Å². The number of rotatable bonds is 4. The van der Waals surface area contributed by atoms with Gasteiger partial charge >= 0.3 is 6.03 Å². The largest absolute Gasteiger partial charge is 0.356 e. The van der Waals surface area contributed by atoms with Crippen molar-refractivity contribution in [3.63, 3.8) is 0 Å². The molecule has 1 aliphatic rings. The Hall–Kier alpha value is -2.63. The van der Waals surface area contributed by atoms with Gasteiger partial charge in [-0.15, -0.1) is 0 Å². The number of aromatic nitrogens is 2. The molecule has 0 saturated carbocycles. The highest BCUT2D eigenvalue weighted by atomic mass is 16.2. The maximum atomic E-state index is 12.1. The maximum Gasteiger partial charge on any atom is 0.324 e. The summed E-state index contributed by atoms with van der Waals surface area (Å²) in [6.45, 7) is 6.29. The second kappa shape index (κ2) is 7.29. The summed E-state index contributed by atoms with van der Waals surface area (Å²) in [6, 6.07) is 9.37. The SMILES string of the molecule is CC(C)c1ccc(NC(=O)Nc2cc(N3CCCC3)ncn2)cc1. The molecule has 0 unspecified atom stereocenters. The number of hydrogen-bond donors (Lipinski definition) is 2. The topological polar surface area (TPSA) is 70.2 Å². The molecule has 0 aliphatic carbocycles. The van der Waals surface area contributed by atoms with Crippen LogP contribution in [0.2, 0.25) is 0 Å². The highest BCUT2D eigenvalue weighted by molar-refractivity contribution is 5.99. The van der Waals surface area contributed by atoms with E-state index in [1.54, 1.807) is 0 Å². The lowest BCUT2D eigenvalue weighted by molar-refractivity contribution is 0.262. The number of nitrogens with zero attached hydrogens (tertiary/aromatic N) is 3. The van der Waals surface area contributed by atoms with Crippen LogP contribution < -0.4 is 15.5 Å². The number of anilines is 3. The van der Waals surface area contributed by atoms with Gasteiger partial charge in [-0.25, -0.2) is 14.8 Å². The van der Waals surface area contributed by atoms with Gasteiger partial charge in [0.15, 0.2) is 0 Å². The lowest BCUT2D eigenvalue weighted by atomic mass is 10.0. The molecule has 6 nitrogen and oxygen atoms in total. The molecule has 1 aromatic heterocycles. The Morgan fingerprint density at radius 1 is 1.08 bits per heavy atom. The number of amides is 2. The Balaban J connectivity index is 1.61. The molecule has 6 heteroatoms. The van der Waals surface area contributed by atoms with Gasteiger partial charge in [0, 0.05) is 24.8 Å². The average molecular weight is 325 g/mol. The minimum absolute atomic E-state index is 0.307. The van der Waals surface area contributed by atoms with E-state index in [1.165, 1.54) is 24.7 Å². The number of nitrogens with one attached hydrogen (secondary N) is 2. The molecule has 24 heavy (non-hydrogen) atoms. The van der Waals surface area contributed by atoms with E-state index < -0.39 is 0 Å². The van der Waals surface area contributed by atoms with Crippen LogP contribution in [0.1, 0.15) is 38.2 Å². The van der Waals surface area contributed by atoms with Crippen LogP contribution in [0.3, 0.4) is 0 Å². The van der Waals surface area contributed by atoms with Crippen LogP contribution in [-0.4, -0.2) is 29.1 Å².